The minimum absolute atomic E-state index is 0.0639. The maximum atomic E-state index is 12.7. The molecule has 24 heavy (non-hydrogen) atoms. The molecule has 1 aromatic carbocycles. The van der Waals surface area contributed by atoms with Gasteiger partial charge in [0.25, 0.3) is 5.91 Å². The highest BCUT2D eigenvalue weighted by Crippen LogP contribution is 2.38. The molecule has 130 valence electrons. The summed E-state index contributed by atoms with van der Waals surface area (Å²) in [6.07, 6.45) is 7.58. The van der Waals surface area contributed by atoms with Crippen molar-refractivity contribution in [3.63, 3.8) is 0 Å². The molecule has 1 saturated carbocycles. The first-order valence-electron chi connectivity index (χ1n) is 8.87. The number of rotatable bonds is 5. The van der Waals surface area contributed by atoms with Gasteiger partial charge in [-0.1, -0.05) is 19.3 Å². The molecule has 2 fully saturated rings. The van der Waals surface area contributed by atoms with Gasteiger partial charge in [0.1, 0.15) is 5.75 Å². The van der Waals surface area contributed by atoms with E-state index in [0.29, 0.717) is 11.3 Å². The van der Waals surface area contributed by atoms with Gasteiger partial charge in [-0.05, 0) is 55.4 Å². The van der Waals surface area contributed by atoms with Gasteiger partial charge >= 0.3 is 5.97 Å². The first-order chi connectivity index (χ1) is 11.6. The second-order valence-electron chi connectivity index (χ2n) is 6.88. The molecule has 0 spiro atoms. The van der Waals surface area contributed by atoms with Gasteiger partial charge in [-0.15, -0.1) is 0 Å². The fraction of sp³-hybridized carbons (Fsp3) is 0.579. The van der Waals surface area contributed by atoms with Crippen LogP contribution in [0.2, 0.25) is 0 Å². The molecule has 0 bridgehead atoms. The Balaban J connectivity index is 1.56. The van der Waals surface area contributed by atoms with Crippen LogP contribution in [0.15, 0.2) is 24.3 Å². The van der Waals surface area contributed by atoms with Gasteiger partial charge in [0.2, 0.25) is 0 Å². The lowest BCUT2D eigenvalue weighted by atomic mass is 9.73. The first-order valence-corrected chi connectivity index (χ1v) is 8.87. The Bertz CT molecular complexity index is 580. The van der Waals surface area contributed by atoms with Crippen LogP contribution >= 0.6 is 0 Å². The van der Waals surface area contributed by atoms with Gasteiger partial charge in [0.05, 0.1) is 0 Å². The summed E-state index contributed by atoms with van der Waals surface area (Å²) in [7, 11) is 0. The number of amides is 1. The Hall–Kier alpha value is -2.04. The first kappa shape index (κ1) is 16.8. The van der Waals surface area contributed by atoms with Gasteiger partial charge in [0.15, 0.2) is 6.61 Å². The highest BCUT2D eigenvalue weighted by molar-refractivity contribution is 5.94. The van der Waals surface area contributed by atoms with Crippen molar-refractivity contribution in [2.45, 2.75) is 38.5 Å². The van der Waals surface area contributed by atoms with Crippen molar-refractivity contribution in [3.05, 3.63) is 29.8 Å². The van der Waals surface area contributed by atoms with Crippen LogP contribution in [0.1, 0.15) is 48.9 Å². The third-order valence-corrected chi connectivity index (χ3v) is 5.34. The van der Waals surface area contributed by atoms with Crippen molar-refractivity contribution in [2.75, 3.05) is 19.7 Å². The lowest BCUT2D eigenvalue weighted by Crippen LogP contribution is -2.32. The van der Waals surface area contributed by atoms with Crippen molar-refractivity contribution >= 4 is 11.9 Å². The van der Waals surface area contributed by atoms with Crippen LogP contribution in [0.4, 0.5) is 0 Å². The van der Waals surface area contributed by atoms with E-state index in [1.165, 1.54) is 25.7 Å². The number of carboxylic acids is 1. The van der Waals surface area contributed by atoms with E-state index < -0.39 is 5.97 Å². The molecule has 1 heterocycles. The van der Waals surface area contributed by atoms with Crippen molar-refractivity contribution in [2.24, 2.45) is 11.8 Å². The predicted molar refractivity (Wildman–Crippen MR) is 90.2 cm³/mol. The normalized spacial score (nSPS) is 21.7. The maximum absolute atomic E-state index is 12.7. The average Bonchev–Trinajstić information content (AvgIpc) is 2.77. The van der Waals surface area contributed by atoms with E-state index in [0.717, 1.165) is 37.8 Å². The summed E-state index contributed by atoms with van der Waals surface area (Å²) in [5.74, 6) is 1.21. The molecule has 1 saturated heterocycles. The van der Waals surface area contributed by atoms with Crippen molar-refractivity contribution in [3.8, 4) is 5.75 Å². The fourth-order valence-electron chi connectivity index (χ4n) is 3.73. The highest BCUT2D eigenvalue weighted by Gasteiger charge is 2.30. The molecule has 0 radical (unpaired) electrons. The molecular formula is C19H25NO4. The molecule has 1 aliphatic heterocycles. The summed E-state index contributed by atoms with van der Waals surface area (Å²) in [5.41, 5.74) is 0.639. The highest BCUT2D eigenvalue weighted by atomic mass is 16.5. The largest absolute Gasteiger partial charge is 0.482 e. The predicted octanol–water partition coefficient (Wildman–Crippen LogP) is 3.19. The molecule has 3 rings (SSSR count). The van der Waals surface area contributed by atoms with Crippen LogP contribution < -0.4 is 4.74 Å². The van der Waals surface area contributed by atoms with E-state index in [1.54, 1.807) is 24.3 Å². The Morgan fingerprint density at radius 2 is 1.67 bits per heavy atom. The maximum Gasteiger partial charge on any atom is 0.341 e. The lowest BCUT2D eigenvalue weighted by Gasteiger charge is -2.33. The third-order valence-electron chi connectivity index (χ3n) is 5.34. The van der Waals surface area contributed by atoms with Gasteiger partial charge in [0, 0.05) is 18.7 Å². The third kappa shape index (κ3) is 4.08. The molecule has 5 heteroatoms. The fourth-order valence-corrected chi connectivity index (χ4v) is 3.73. The van der Waals surface area contributed by atoms with Crippen LogP contribution in [-0.4, -0.2) is 41.6 Å². The zero-order valence-electron chi connectivity index (χ0n) is 13.9. The number of hydrogen-bond acceptors (Lipinski definition) is 3. The molecular weight excluding hydrogens is 306 g/mol. The van der Waals surface area contributed by atoms with Gasteiger partial charge in [-0.25, -0.2) is 4.79 Å². The van der Waals surface area contributed by atoms with E-state index in [4.69, 9.17) is 9.84 Å². The minimum atomic E-state index is -1.01. The van der Waals surface area contributed by atoms with Gasteiger partial charge in [-0.3, -0.25) is 4.79 Å². The number of aliphatic carboxylic acids is 1. The molecule has 5 nitrogen and oxygen atoms in total. The van der Waals surface area contributed by atoms with Gasteiger partial charge in [-0.2, -0.15) is 0 Å². The molecule has 1 atom stereocenters. The quantitative estimate of drug-likeness (QED) is 0.900. The zero-order valence-corrected chi connectivity index (χ0v) is 13.9. The van der Waals surface area contributed by atoms with Crippen LogP contribution in [0, 0.1) is 11.8 Å². The average molecular weight is 331 g/mol. The van der Waals surface area contributed by atoms with E-state index in [2.05, 4.69) is 0 Å². The lowest BCUT2D eigenvalue weighted by molar-refractivity contribution is -0.139. The molecule has 2 aliphatic rings. The monoisotopic (exact) mass is 331 g/mol. The number of nitrogens with zero attached hydrogens (tertiary/aromatic N) is 1. The van der Waals surface area contributed by atoms with Crippen molar-refractivity contribution < 1.29 is 19.4 Å². The molecule has 1 N–H and O–H groups in total. The second kappa shape index (κ2) is 7.69. The minimum Gasteiger partial charge on any atom is -0.482 e. The van der Waals surface area contributed by atoms with Gasteiger partial charge < -0.3 is 14.7 Å². The summed E-state index contributed by atoms with van der Waals surface area (Å²) in [6, 6.07) is 6.75. The SMILES string of the molecule is O=C(O)COc1ccc(C(=O)N2CCCC(C3CCC3)CC2)cc1. The number of benzene rings is 1. The van der Waals surface area contributed by atoms with E-state index >= 15 is 0 Å². The van der Waals surface area contributed by atoms with E-state index in [1.807, 2.05) is 4.90 Å². The molecule has 1 amide bonds. The summed E-state index contributed by atoms with van der Waals surface area (Å²) < 4.78 is 5.10. The van der Waals surface area contributed by atoms with Crippen LogP contribution in [0.25, 0.3) is 0 Å². The van der Waals surface area contributed by atoms with Crippen LogP contribution in [-0.2, 0) is 4.79 Å². The molecule has 1 unspecified atom stereocenters. The van der Waals surface area contributed by atoms with Crippen molar-refractivity contribution in [1.29, 1.82) is 0 Å². The van der Waals surface area contributed by atoms with Crippen molar-refractivity contribution in [1.82, 2.24) is 4.90 Å². The van der Waals surface area contributed by atoms with E-state index in [-0.39, 0.29) is 12.5 Å². The standard InChI is InChI=1S/C19H25NO4/c21-18(22)13-24-17-8-6-16(7-9-17)19(23)20-11-2-5-15(10-12-20)14-3-1-4-14/h6-9,14-15H,1-5,10-13H2,(H,21,22). The number of hydrogen-bond donors (Lipinski definition) is 1. The summed E-state index contributed by atoms with van der Waals surface area (Å²) in [6.45, 7) is 1.30. The molecule has 1 aromatic rings. The summed E-state index contributed by atoms with van der Waals surface area (Å²) in [5, 5.41) is 8.61. The Labute approximate surface area is 142 Å². The second-order valence-corrected chi connectivity index (χ2v) is 6.88. The summed E-state index contributed by atoms with van der Waals surface area (Å²) in [4.78, 5) is 25.1. The number of likely N-dealkylation sites (tertiary alicyclic amines) is 1. The van der Waals surface area contributed by atoms with Crippen LogP contribution in [0.5, 0.6) is 5.75 Å². The zero-order chi connectivity index (χ0) is 16.9. The topological polar surface area (TPSA) is 66.8 Å². The van der Waals surface area contributed by atoms with Crippen LogP contribution in [0.3, 0.4) is 0 Å². The number of carbonyl (C=O) groups is 2. The van der Waals surface area contributed by atoms with E-state index in [9.17, 15) is 9.59 Å². The summed E-state index contributed by atoms with van der Waals surface area (Å²) >= 11 is 0. The Morgan fingerprint density at radius 3 is 2.29 bits per heavy atom. The molecule has 1 aliphatic carbocycles. The number of carboxylic acid groups (broad SMARTS) is 1. The molecule has 0 aromatic heterocycles. The number of carbonyl (C=O) groups excluding carboxylic acids is 1. The number of ether oxygens (including phenoxy) is 1. The smallest absolute Gasteiger partial charge is 0.341 e. The Kier molecular flexibility index (Phi) is 5.38. The Morgan fingerprint density at radius 1 is 1.00 bits per heavy atom.